The lowest BCUT2D eigenvalue weighted by molar-refractivity contribution is 0.0992. The van der Waals surface area contributed by atoms with Gasteiger partial charge < -0.3 is 10.6 Å². The van der Waals surface area contributed by atoms with Gasteiger partial charge in [0.1, 0.15) is 0 Å². The Morgan fingerprint density at radius 1 is 1.13 bits per heavy atom. The molecular weight excluding hydrogens is 192 g/mol. The standard InChI is InChI=1S/C11H14N2O2/c1-2-12-11(15)13-8-10(14)9-6-4-3-5-7-9/h3-7H,2,8H2,1H3,(H2,12,13,15). The van der Waals surface area contributed by atoms with Gasteiger partial charge in [-0.3, -0.25) is 4.79 Å². The molecular formula is C11H14N2O2. The third-order valence-electron chi connectivity index (χ3n) is 1.84. The summed E-state index contributed by atoms with van der Waals surface area (Å²) in [5.41, 5.74) is 0.606. The van der Waals surface area contributed by atoms with E-state index < -0.39 is 0 Å². The Balaban J connectivity index is 2.40. The molecule has 1 aromatic carbocycles. The van der Waals surface area contributed by atoms with E-state index in [2.05, 4.69) is 10.6 Å². The van der Waals surface area contributed by atoms with Crippen LogP contribution in [-0.4, -0.2) is 24.9 Å². The maximum absolute atomic E-state index is 11.5. The molecule has 0 unspecified atom stereocenters. The van der Waals surface area contributed by atoms with Crippen LogP contribution in [0.3, 0.4) is 0 Å². The third-order valence-corrected chi connectivity index (χ3v) is 1.84. The van der Waals surface area contributed by atoms with Gasteiger partial charge in [-0.15, -0.1) is 0 Å². The molecule has 2 N–H and O–H groups in total. The highest BCUT2D eigenvalue weighted by molar-refractivity contribution is 5.99. The summed E-state index contributed by atoms with van der Waals surface area (Å²) < 4.78 is 0. The van der Waals surface area contributed by atoms with Gasteiger partial charge in [-0.25, -0.2) is 4.79 Å². The monoisotopic (exact) mass is 206 g/mol. The molecule has 15 heavy (non-hydrogen) atoms. The van der Waals surface area contributed by atoms with E-state index in [1.165, 1.54) is 0 Å². The van der Waals surface area contributed by atoms with Crippen LogP contribution in [0.15, 0.2) is 30.3 Å². The Bertz CT molecular complexity index is 336. The fraction of sp³-hybridized carbons (Fsp3) is 0.273. The van der Waals surface area contributed by atoms with Crippen molar-refractivity contribution in [1.82, 2.24) is 10.6 Å². The highest BCUT2D eigenvalue weighted by atomic mass is 16.2. The molecule has 0 aliphatic carbocycles. The lowest BCUT2D eigenvalue weighted by atomic mass is 10.1. The van der Waals surface area contributed by atoms with Gasteiger partial charge in [-0.05, 0) is 6.92 Å². The van der Waals surface area contributed by atoms with Gasteiger partial charge in [0.15, 0.2) is 5.78 Å². The van der Waals surface area contributed by atoms with Gasteiger partial charge in [-0.1, -0.05) is 30.3 Å². The zero-order chi connectivity index (χ0) is 11.1. The molecule has 0 saturated carbocycles. The second-order valence-corrected chi connectivity index (χ2v) is 3.00. The first-order valence-corrected chi connectivity index (χ1v) is 4.84. The van der Waals surface area contributed by atoms with E-state index in [0.717, 1.165) is 0 Å². The highest BCUT2D eigenvalue weighted by Gasteiger charge is 2.05. The van der Waals surface area contributed by atoms with Crippen molar-refractivity contribution in [2.45, 2.75) is 6.92 Å². The van der Waals surface area contributed by atoms with Crippen molar-refractivity contribution in [2.24, 2.45) is 0 Å². The van der Waals surface area contributed by atoms with Crippen LogP contribution in [-0.2, 0) is 0 Å². The molecule has 1 rings (SSSR count). The maximum Gasteiger partial charge on any atom is 0.315 e. The first-order valence-electron chi connectivity index (χ1n) is 4.84. The van der Waals surface area contributed by atoms with Gasteiger partial charge >= 0.3 is 6.03 Å². The molecule has 2 amide bonds. The Labute approximate surface area is 88.7 Å². The second-order valence-electron chi connectivity index (χ2n) is 3.00. The predicted molar refractivity (Wildman–Crippen MR) is 57.8 cm³/mol. The zero-order valence-corrected chi connectivity index (χ0v) is 8.62. The number of hydrogen-bond acceptors (Lipinski definition) is 2. The smallest absolute Gasteiger partial charge is 0.315 e. The molecule has 0 saturated heterocycles. The topological polar surface area (TPSA) is 58.2 Å². The number of benzene rings is 1. The summed E-state index contributed by atoms with van der Waals surface area (Å²) in [5, 5.41) is 5.03. The SMILES string of the molecule is CCNC(=O)NCC(=O)c1ccccc1. The number of amides is 2. The number of urea groups is 1. The second kappa shape index (κ2) is 5.80. The van der Waals surface area contributed by atoms with Gasteiger partial charge in [0.2, 0.25) is 0 Å². The summed E-state index contributed by atoms with van der Waals surface area (Å²) in [6, 6.07) is 8.55. The number of Topliss-reactive ketones (excluding diaryl/α,β-unsaturated/α-hetero) is 1. The van der Waals surface area contributed by atoms with Crippen LogP contribution in [0.2, 0.25) is 0 Å². The van der Waals surface area contributed by atoms with Crippen LogP contribution in [0, 0.1) is 0 Å². The van der Waals surface area contributed by atoms with Crippen LogP contribution < -0.4 is 10.6 Å². The summed E-state index contributed by atoms with van der Waals surface area (Å²) in [6.45, 7) is 2.39. The van der Waals surface area contributed by atoms with E-state index in [-0.39, 0.29) is 18.4 Å². The minimum atomic E-state index is -0.318. The van der Waals surface area contributed by atoms with Gasteiger partial charge in [0.05, 0.1) is 6.54 Å². The minimum Gasteiger partial charge on any atom is -0.338 e. The Morgan fingerprint density at radius 2 is 1.80 bits per heavy atom. The van der Waals surface area contributed by atoms with Crippen molar-refractivity contribution in [3.8, 4) is 0 Å². The van der Waals surface area contributed by atoms with Crippen molar-refractivity contribution >= 4 is 11.8 Å². The number of ketones is 1. The summed E-state index contributed by atoms with van der Waals surface area (Å²) >= 11 is 0. The fourth-order valence-electron chi connectivity index (χ4n) is 1.11. The molecule has 80 valence electrons. The van der Waals surface area contributed by atoms with E-state index >= 15 is 0 Å². The minimum absolute atomic E-state index is 0.0237. The van der Waals surface area contributed by atoms with Gasteiger partial charge in [0, 0.05) is 12.1 Å². The first kappa shape index (κ1) is 11.2. The van der Waals surface area contributed by atoms with Crippen LogP contribution in [0.1, 0.15) is 17.3 Å². The van der Waals surface area contributed by atoms with Crippen molar-refractivity contribution in [3.63, 3.8) is 0 Å². The number of hydrogen-bond donors (Lipinski definition) is 2. The lowest BCUT2D eigenvalue weighted by Gasteiger charge is -2.04. The Morgan fingerprint density at radius 3 is 2.40 bits per heavy atom. The molecule has 4 heteroatoms. The van der Waals surface area contributed by atoms with Crippen molar-refractivity contribution in [1.29, 1.82) is 0 Å². The van der Waals surface area contributed by atoms with Crippen LogP contribution >= 0.6 is 0 Å². The molecule has 0 aliphatic rings. The maximum atomic E-state index is 11.5. The number of rotatable bonds is 4. The summed E-state index contributed by atoms with van der Waals surface area (Å²) in [6.07, 6.45) is 0. The lowest BCUT2D eigenvalue weighted by Crippen LogP contribution is -2.38. The molecule has 0 heterocycles. The van der Waals surface area contributed by atoms with Crippen molar-refractivity contribution in [3.05, 3.63) is 35.9 Å². The largest absolute Gasteiger partial charge is 0.338 e. The Kier molecular flexibility index (Phi) is 4.34. The van der Waals surface area contributed by atoms with E-state index in [9.17, 15) is 9.59 Å². The molecule has 0 radical (unpaired) electrons. The van der Waals surface area contributed by atoms with Crippen molar-refractivity contribution in [2.75, 3.05) is 13.1 Å². The number of carbonyl (C=O) groups is 2. The van der Waals surface area contributed by atoms with Crippen LogP contribution in [0.5, 0.6) is 0 Å². The van der Waals surface area contributed by atoms with E-state index in [1.54, 1.807) is 24.3 Å². The highest BCUT2D eigenvalue weighted by Crippen LogP contribution is 1.98. The fourth-order valence-corrected chi connectivity index (χ4v) is 1.11. The predicted octanol–water partition coefficient (Wildman–Crippen LogP) is 1.19. The molecule has 0 bridgehead atoms. The molecule has 0 fully saturated rings. The summed E-state index contributed by atoms with van der Waals surface area (Å²) in [5.74, 6) is -0.0955. The van der Waals surface area contributed by atoms with Gasteiger partial charge in [-0.2, -0.15) is 0 Å². The molecule has 0 atom stereocenters. The summed E-state index contributed by atoms with van der Waals surface area (Å²) in [7, 11) is 0. The average Bonchev–Trinajstić information content (AvgIpc) is 2.27. The number of carbonyl (C=O) groups excluding carboxylic acids is 2. The molecule has 0 aromatic heterocycles. The quantitative estimate of drug-likeness (QED) is 0.727. The zero-order valence-electron chi connectivity index (χ0n) is 8.62. The molecule has 4 nitrogen and oxygen atoms in total. The molecule has 0 aliphatic heterocycles. The van der Waals surface area contributed by atoms with Crippen LogP contribution in [0.4, 0.5) is 4.79 Å². The molecule has 0 spiro atoms. The van der Waals surface area contributed by atoms with E-state index in [4.69, 9.17) is 0 Å². The van der Waals surface area contributed by atoms with E-state index in [1.807, 2.05) is 13.0 Å². The summed E-state index contributed by atoms with van der Waals surface area (Å²) in [4.78, 5) is 22.5. The first-order chi connectivity index (χ1) is 7.24. The van der Waals surface area contributed by atoms with Crippen molar-refractivity contribution < 1.29 is 9.59 Å². The normalized spacial score (nSPS) is 9.40. The Hall–Kier alpha value is -1.84. The third kappa shape index (κ3) is 3.81. The number of nitrogens with one attached hydrogen (secondary N) is 2. The van der Waals surface area contributed by atoms with Crippen LogP contribution in [0.25, 0.3) is 0 Å². The van der Waals surface area contributed by atoms with E-state index in [0.29, 0.717) is 12.1 Å². The average molecular weight is 206 g/mol. The molecule has 1 aromatic rings. The van der Waals surface area contributed by atoms with Gasteiger partial charge in [0.25, 0.3) is 0 Å².